The molecule has 0 spiro atoms. The Kier molecular flexibility index (Phi) is 3.46. The molecule has 0 aliphatic carbocycles. The number of hydrogen-bond acceptors (Lipinski definition) is 4. The summed E-state index contributed by atoms with van der Waals surface area (Å²) < 4.78 is 0. The highest BCUT2D eigenvalue weighted by molar-refractivity contribution is 6.30. The van der Waals surface area contributed by atoms with Gasteiger partial charge in [0.15, 0.2) is 0 Å². The van der Waals surface area contributed by atoms with Crippen LogP contribution in [0.1, 0.15) is 11.9 Å². The van der Waals surface area contributed by atoms with Gasteiger partial charge in [-0.25, -0.2) is 10.1 Å². The van der Waals surface area contributed by atoms with E-state index in [0.29, 0.717) is 10.6 Å². The van der Waals surface area contributed by atoms with Crippen LogP contribution in [0.5, 0.6) is 0 Å². The topological polar surface area (TPSA) is 61.8 Å². The van der Waals surface area contributed by atoms with Crippen LogP contribution in [0.2, 0.25) is 5.02 Å². The van der Waals surface area contributed by atoms with Crippen molar-refractivity contribution in [3.05, 3.63) is 34.9 Å². The average Bonchev–Trinajstić information content (AvgIpc) is 2.06. The quantitative estimate of drug-likeness (QED) is 0.440. The first kappa shape index (κ1) is 9.44. The van der Waals surface area contributed by atoms with Gasteiger partial charge < -0.3 is 5.11 Å². The predicted molar refractivity (Wildman–Crippen MR) is 39.0 cm³/mol. The second-order valence-corrected chi connectivity index (χ2v) is 2.49. The summed E-state index contributed by atoms with van der Waals surface area (Å²) in [6.07, 6.45) is -1.56. The molecule has 1 unspecified atom stereocenters. The van der Waals surface area contributed by atoms with Gasteiger partial charge in [0.1, 0.15) is 0 Å². The minimum atomic E-state index is -1.56. The molecular weight excluding hydrogens is 184 g/mol. The Hall–Kier alpha value is -0.650. The van der Waals surface area contributed by atoms with Gasteiger partial charge >= 0.3 is 0 Å². The van der Waals surface area contributed by atoms with Crippen LogP contribution in [0, 0.1) is 0 Å². The molecule has 0 saturated carbocycles. The molecule has 0 amide bonds. The summed E-state index contributed by atoms with van der Waals surface area (Å²) in [6, 6.07) is 6.06. The summed E-state index contributed by atoms with van der Waals surface area (Å²) in [5.41, 5.74) is 0.327. The largest absolute Gasteiger partial charge is 0.825 e. The molecule has 1 rings (SSSR count). The van der Waals surface area contributed by atoms with Crippen molar-refractivity contribution in [3.63, 3.8) is 0 Å². The maximum absolute atomic E-state index is 10.9. The van der Waals surface area contributed by atoms with Gasteiger partial charge in [-0.15, -0.1) is 0 Å². The van der Waals surface area contributed by atoms with Crippen molar-refractivity contribution in [1.82, 2.24) is 0 Å². The van der Waals surface area contributed by atoms with Crippen molar-refractivity contribution in [2.45, 2.75) is 6.29 Å². The summed E-state index contributed by atoms with van der Waals surface area (Å²) in [5, 5.41) is 22.5. The van der Waals surface area contributed by atoms with Gasteiger partial charge in [0.25, 0.3) is 0 Å². The van der Waals surface area contributed by atoms with Gasteiger partial charge in [-0.2, -0.15) is 0 Å². The van der Waals surface area contributed by atoms with Crippen molar-refractivity contribution in [2.75, 3.05) is 0 Å². The molecule has 0 fully saturated rings. The Balaban J connectivity index is 2.68. The maximum atomic E-state index is 10.9. The van der Waals surface area contributed by atoms with Crippen molar-refractivity contribution in [3.8, 4) is 0 Å². The van der Waals surface area contributed by atoms with E-state index in [9.17, 15) is 5.11 Å². The summed E-state index contributed by atoms with van der Waals surface area (Å²) in [6.45, 7) is 0. The first-order valence-electron chi connectivity index (χ1n) is 3.12. The highest BCUT2D eigenvalue weighted by atomic mass is 35.5. The van der Waals surface area contributed by atoms with E-state index in [4.69, 9.17) is 16.9 Å². The molecular formula is C7H6ClO4-. The normalized spacial score (nSPS) is 12.9. The molecule has 1 atom stereocenters. The predicted octanol–water partition coefficient (Wildman–Crippen LogP) is 1.12. The van der Waals surface area contributed by atoms with Crippen LogP contribution >= 0.6 is 11.6 Å². The first-order valence-corrected chi connectivity index (χ1v) is 3.50. The lowest BCUT2D eigenvalue weighted by Crippen LogP contribution is -2.18. The second kappa shape index (κ2) is 4.39. The molecule has 1 N–H and O–H groups in total. The summed E-state index contributed by atoms with van der Waals surface area (Å²) in [5.74, 6) is 0. The highest BCUT2D eigenvalue weighted by Crippen LogP contribution is 2.14. The van der Waals surface area contributed by atoms with Crippen molar-refractivity contribution in [2.24, 2.45) is 0 Å². The van der Waals surface area contributed by atoms with Crippen molar-refractivity contribution >= 4 is 11.6 Å². The van der Waals surface area contributed by atoms with Crippen LogP contribution in [-0.2, 0) is 9.93 Å². The lowest BCUT2D eigenvalue weighted by molar-refractivity contribution is -0.628. The highest BCUT2D eigenvalue weighted by Gasteiger charge is 1.98. The smallest absolute Gasteiger partial charge is 0.0473 e. The second-order valence-electron chi connectivity index (χ2n) is 2.05. The van der Waals surface area contributed by atoms with E-state index in [2.05, 4.69) is 9.93 Å². The van der Waals surface area contributed by atoms with Crippen LogP contribution in [0.3, 0.4) is 0 Å². The Morgan fingerprint density at radius 1 is 1.33 bits per heavy atom. The van der Waals surface area contributed by atoms with Crippen LogP contribution < -0.4 is 5.11 Å². The number of hydrogen-bond donors (Lipinski definition) is 1. The van der Waals surface area contributed by atoms with E-state index >= 15 is 0 Å². The molecule has 0 saturated heterocycles. The molecule has 1 aromatic carbocycles. The molecule has 12 heavy (non-hydrogen) atoms. The van der Waals surface area contributed by atoms with Crippen LogP contribution in [0.15, 0.2) is 24.3 Å². The van der Waals surface area contributed by atoms with Gasteiger partial charge in [-0.3, -0.25) is 0 Å². The SMILES string of the molecule is [O-]C(OOO)c1ccc(Cl)cc1. The third-order valence-electron chi connectivity index (χ3n) is 1.27. The van der Waals surface area contributed by atoms with E-state index in [1.807, 2.05) is 0 Å². The molecule has 0 aliphatic heterocycles. The molecule has 0 aliphatic rings. The van der Waals surface area contributed by atoms with E-state index in [0.717, 1.165) is 0 Å². The Bertz CT molecular complexity index is 236. The lowest BCUT2D eigenvalue weighted by atomic mass is 10.2. The summed E-state index contributed by atoms with van der Waals surface area (Å²) >= 11 is 5.57. The number of benzene rings is 1. The average molecular weight is 190 g/mol. The van der Waals surface area contributed by atoms with E-state index < -0.39 is 6.29 Å². The van der Waals surface area contributed by atoms with Gasteiger partial charge in [0, 0.05) is 11.3 Å². The van der Waals surface area contributed by atoms with E-state index in [1.165, 1.54) is 12.1 Å². The van der Waals surface area contributed by atoms with Gasteiger partial charge in [0.2, 0.25) is 0 Å². The number of rotatable bonds is 3. The Morgan fingerprint density at radius 3 is 2.42 bits per heavy atom. The molecule has 0 aromatic heterocycles. The molecule has 0 bridgehead atoms. The zero-order valence-corrected chi connectivity index (χ0v) is 6.69. The maximum Gasteiger partial charge on any atom is 0.0473 e. The lowest BCUT2D eigenvalue weighted by Gasteiger charge is -2.18. The summed E-state index contributed by atoms with van der Waals surface area (Å²) in [4.78, 5) is 3.92. The Labute approximate surface area is 73.8 Å². The van der Waals surface area contributed by atoms with E-state index in [-0.39, 0.29) is 0 Å². The fraction of sp³-hybridized carbons (Fsp3) is 0.143. The van der Waals surface area contributed by atoms with Crippen LogP contribution in [0.25, 0.3) is 0 Å². The monoisotopic (exact) mass is 189 g/mol. The van der Waals surface area contributed by atoms with Gasteiger partial charge in [-0.1, -0.05) is 28.8 Å². The molecule has 4 nitrogen and oxygen atoms in total. The third kappa shape index (κ3) is 2.44. The fourth-order valence-corrected chi connectivity index (χ4v) is 0.841. The molecule has 1 aromatic rings. The van der Waals surface area contributed by atoms with Crippen molar-refractivity contribution < 1.29 is 20.3 Å². The standard InChI is InChI=1S/C7H6ClO4/c8-6-3-1-5(2-4-6)7(9)11-12-10/h1-4,7,10H/q-1. The first-order chi connectivity index (χ1) is 5.74. The van der Waals surface area contributed by atoms with Crippen molar-refractivity contribution in [1.29, 1.82) is 0 Å². The van der Waals surface area contributed by atoms with E-state index in [1.54, 1.807) is 12.1 Å². The van der Waals surface area contributed by atoms with Gasteiger partial charge in [0.05, 0.1) is 0 Å². The molecule has 0 heterocycles. The molecule has 0 radical (unpaired) electrons. The minimum Gasteiger partial charge on any atom is -0.825 e. The summed E-state index contributed by atoms with van der Waals surface area (Å²) in [7, 11) is 0. The van der Waals surface area contributed by atoms with Crippen LogP contribution in [0.4, 0.5) is 0 Å². The fourth-order valence-electron chi connectivity index (χ4n) is 0.715. The third-order valence-corrected chi connectivity index (χ3v) is 1.52. The zero-order valence-electron chi connectivity index (χ0n) is 5.94. The number of halogens is 1. The molecule has 5 heteroatoms. The molecule has 66 valence electrons. The minimum absolute atomic E-state index is 0.327. The van der Waals surface area contributed by atoms with Crippen LogP contribution in [-0.4, -0.2) is 5.26 Å². The zero-order chi connectivity index (χ0) is 8.97. The Morgan fingerprint density at radius 2 is 1.92 bits per heavy atom. The van der Waals surface area contributed by atoms with Gasteiger partial charge in [-0.05, 0) is 17.7 Å².